The molecule has 0 aromatic heterocycles. The predicted octanol–water partition coefficient (Wildman–Crippen LogP) is 2.48. The van der Waals surface area contributed by atoms with E-state index in [1.165, 1.54) is 0 Å². The van der Waals surface area contributed by atoms with Crippen LogP contribution >= 0.6 is 11.6 Å². The molecule has 0 spiro atoms. The molecule has 100 valence electrons. The van der Waals surface area contributed by atoms with Crippen molar-refractivity contribution in [2.24, 2.45) is 0 Å². The van der Waals surface area contributed by atoms with Crippen molar-refractivity contribution in [1.29, 1.82) is 0 Å². The van der Waals surface area contributed by atoms with E-state index in [4.69, 9.17) is 11.6 Å². The van der Waals surface area contributed by atoms with Gasteiger partial charge in [-0.3, -0.25) is 0 Å². The zero-order valence-electron chi connectivity index (χ0n) is 11.0. The molecule has 0 radical (unpaired) electrons. The number of anilines is 1. The van der Waals surface area contributed by atoms with Crippen molar-refractivity contribution < 1.29 is 4.79 Å². The average Bonchev–Trinajstić information content (AvgIpc) is 2.28. The van der Waals surface area contributed by atoms with Crippen LogP contribution in [0.25, 0.3) is 0 Å². The number of hydrogen-bond acceptors (Lipinski definition) is 2. The number of halogens is 1. The molecule has 5 heteroatoms. The second-order valence-corrected chi connectivity index (χ2v) is 4.89. The molecule has 0 fully saturated rings. The Hall–Kier alpha value is -1.42. The topological polar surface area (TPSA) is 44.4 Å². The third-order valence-electron chi connectivity index (χ3n) is 2.42. The molecular weight excluding hydrogens is 250 g/mol. The van der Waals surface area contributed by atoms with Crippen LogP contribution in [-0.4, -0.2) is 32.2 Å². The van der Waals surface area contributed by atoms with Gasteiger partial charge in [-0.15, -0.1) is 0 Å². The average molecular weight is 270 g/mol. The number of carbonyl (C=O) groups is 1. The molecular formula is C13H20ClN3O. The molecule has 0 heterocycles. The minimum absolute atomic E-state index is 0.130. The molecule has 4 nitrogen and oxygen atoms in total. The van der Waals surface area contributed by atoms with Crippen molar-refractivity contribution in [2.75, 3.05) is 25.0 Å². The van der Waals surface area contributed by atoms with E-state index in [-0.39, 0.29) is 12.1 Å². The highest BCUT2D eigenvalue weighted by Crippen LogP contribution is 2.16. The summed E-state index contributed by atoms with van der Waals surface area (Å²) in [6.45, 7) is 5.20. The van der Waals surface area contributed by atoms with Gasteiger partial charge in [-0.25, -0.2) is 4.79 Å². The van der Waals surface area contributed by atoms with Crippen LogP contribution in [0.5, 0.6) is 0 Å². The first kappa shape index (κ1) is 14.6. The predicted molar refractivity (Wildman–Crippen MR) is 76.4 cm³/mol. The third kappa shape index (κ3) is 5.27. The van der Waals surface area contributed by atoms with Crippen LogP contribution in [0.4, 0.5) is 10.5 Å². The maximum Gasteiger partial charge on any atom is 0.315 e. The van der Waals surface area contributed by atoms with Crippen molar-refractivity contribution in [3.05, 3.63) is 29.3 Å². The molecule has 0 bridgehead atoms. The van der Waals surface area contributed by atoms with Gasteiger partial charge < -0.3 is 15.5 Å². The summed E-state index contributed by atoms with van der Waals surface area (Å²) in [6.07, 6.45) is 0. The maximum atomic E-state index is 11.4. The van der Waals surface area contributed by atoms with Crippen molar-refractivity contribution in [3.63, 3.8) is 0 Å². The lowest BCUT2D eigenvalue weighted by atomic mass is 10.3. The lowest BCUT2D eigenvalue weighted by Gasteiger charge is -2.20. The van der Waals surface area contributed by atoms with E-state index in [0.717, 1.165) is 17.3 Å². The quantitative estimate of drug-likeness (QED) is 0.863. The van der Waals surface area contributed by atoms with Crippen molar-refractivity contribution >= 4 is 23.3 Å². The first-order chi connectivity index (χ1) is 8.49. The van der Waals surface area contributed by atoms with Gasteiger partial charge in [0.25, 0.3) is 0 Å². The summed E-state index contributed by atoms with van der Waals surface area (Å²) in [5, 5.41) is 6.31. The highest BCUT2D eigenvalue weighted by molar-refractivity contribution is 6.30. The highest BCUT2D eigenvalue weighted by atomic mass is 35.5. The van der Waals surface area contributed by atoms with Gasteiger partial charge in [0, 0.05) is 36.9 Å². The van der Waals surface area contributed by atoms with Crippen LogP contribution in [0, 0.1) is 0 Å². The van der Waals surface area contributed by atoms with Gasteiger partial charge in [-0.2, -0.15) is 0 Å². The summed E-state index contributed by atoms with van der Waals surface area (Å²) in [6, 6.07) is 7.64. The monoisotopic (exact) mass is 269 g/mol. The number of amides is 2. The van der Waals surface area contributed by atoms with Gasteiger partial charge in [0.2, 0.25) is 0 Å². The molecule has 0 aliphatic heterocycles. The van der Waals surface area contributed by atoms with E-state index >= 15 is 0 Å². The summed E-state index contributed by atoms with van der Waals surface area (Å²) >= 11 is 5.83. The van der Waals surface area contributed by atoms with Gasteiger partial charge in [0.15, 0.2) is 0 Å². The van der Waals surface area contributed by atoms with Crippen LogP contribution in [-0.2, 0) is 0 Å². The van der Waals surface area contributed by atoms with E-state index < -0.39 is 0 Å². The Morgan fingerprint density at radius 3 is 2.50 bits per heavy atom. The van der Waals surface area contributed by atoms with E-state index in [1.807, 2.05) is 45.2 Å². The minimum atomic E-state index is -0.130. The smallest absolute Gasteiger partial charge is 0.315 e. The summed E-state index contributed by atoms with van der Waals surface area (Å²) < 4.78 is 0. The second kappa shape index (κ2) is 7.11. The third-order valence-corrected chi connectivity index (χ3v) is 2.67. The summed E-state index contributed by atoms with van der Waals surface area (Å²) in [5.41, 5.74) is 1.07. The number of urea groups is 1. The molecule has 0 saturated carbocycles. The normalized spacial score (nSPS) is 10.3. The molecule has 1 rings (SSSR count). The lowest BCUT2D eigenvalue weighted by Crippen LogP contribution is -2.42. The van der Waals surface area contributed by atoms with Gasteiger partial charge >= 0.3 is 6.03 Å². The van der Waals surface area contributed by atoms with Gasteiger partial charge in [0.05, 0.1) is 0 Å². The Kier molecular flexibility index (Phi) is 5.78. The van der Waals surface area contributed by atoms with E-state index in [1.54, 1.807) is 0 Å². The van der Waals surface area contributed by atoms with Crippen LogP contribution in [0.1, 0.15) is 13.8 Å². The Morgan fingerprint density at radius 2 is 1.94 bits per heavy atom. The van der Waals surface area contributed by atoms with Crippen LogP contribution in [0.3, 0.4) is 0 Å². The summed E-state index contributed by atoms with van der Waals surface area (Å²) in [7, 11) is 1.98. The fraction of sp³-hybridized carbons (Fsp3) is 0.462. The number of hydrogen-bond donors (Lipinski definition) is 2. The Labute approximate surface area is 113 Å². The number of benzene rings is 1. The maximum absolute atomic E-state index is 11.4. The standard InChI is InChI=1S/C13H20ClN3O/c1-10(2)16-13(18)15-8-9-17(3)12-6-4-11(14)5-7-12/h4-7,10H,8-9H2,1-3H3,(H2,15,16,18). The van der Waals surface area contributed by atoms with Gasteiger partial charge in [0.1, 0.15) is 0 Å². The van der Waals surface area contributed by atoms with Gasteiger partial charge in [-0.05, 0) is 38.1 Å². The van der Waals surface area contributed by atoms with Crippen molar-refractivity contribution in [1.82, 2.24) is 10.6 Å². The molecule has 2 amide bonds. The number of nitrogens with zero attached hydrogens (tertiary/aromatic N) is 1. The molecule has 0 unspecified atom stereocenters. The second-order valence-electron chi connectivity index (χ2n) is 4.45. The first-order valence-electron chi connectivity index (χ1n) is 6.00. The fourth-order valence-electron chi connectivity index (χ4n) is 1.48. The zero-order valence-corrected chi connectivity index (χ0v) is 11.8. The largest absolute Gasteiger partial charge is 0.373 e. The molecule has 0 aliphatic rings. The van der Waals surface area contributed by atoms with Crippen LogP contribution in [0.15, 0.2) is 24.3 Å². The number of nitrogens with one attached hydrogen (secondary N) is 2. The molecule has 1 aromatic rings. The summed E-state index contributed by atoms with van der Waals surface area (Å²) in [4.78, 5) is 13.4. The zero-order chi connectivity index (χ0) is 13.5. The SMILES string of the molecule is CC(C)NC(=O)NCCN(C)c1ccc(Cl)cc1. The van der Waals surface area contributed by atoms with E-state index in [9.17, 15) is 4.79 Å². The van der Waals surface area contributed by atoms with Gasteiger partial charge in [-0.1, -0.05) is 11.6 Å². The minimum Gasteiger partial charge on any atom is -0.373 e. The number of carbonyl (C=O) groups excluding carboxylic acids is 1. The fourth-order valence-corrected chi connectivity index (χ4v) is 1.60. The van der Waals surface area contributed by atoms with Crippen LogP contribution < -0.4 is 15.5 Å². The molecule has 0 aliphatic carbocycles. The van der Waals surface area contributed by atoms with Crippen LogP contribution in [0.2, 0.25) is 5.02 Å². The molecule has 0 saturated heterocycles. The van der Waals surface area contributed by atoms with E-state index in [2.05, 4.69) is 15.5 Å². The summed E-state index contributed by atoms with van der Waals surface area (Å²) in [5.74, 6) is 0. The molecule has 1 aromatic carbocycles. The highest BCUT2D eigenvalue weighted by Gasteiger charge is 2.03. The Balaban J connectivity index is 2.31. The number of likely N-dealkylation sites (N-methyl/N-ethyl adjacent to an activating group) is 1. The van der Waals surface area contributed by atoms with E-state index in [0.29, 0.717) is 6.54 Å². The molecule has 18 heavy (non-hydrogen) atoms. The molecule has 0 atom stereocenters. The first-order valence-corrected chi connectivity index (χ1v) is 6.38. The molecule has 2 N–H and O–H groups in total. The van der Waals surface area contributed by atoms with Crippen molar-refractivity contribution in [3.8, 4) is 0 Å². The Morgan fingerprint density at radius 1 is 1.33 bits per heavy atom. The number of rotatable bonds is 5. The lowest BCUT2D eigenvalue weighted by molar-refractivity contribution is 0.239. The van der Waals surface area contributed by atoms with Crippen molar-refractivity contribution in [2.45, 2.75) is 19.9 Å². The Bertz CT molecular complexity index is 378.